The van der Waals surface area contributed by atoms with Crippen LogP contribution in [0.4, 0.5) is 5.69 Å². The lowest BCUT2D eigenvalue weighted by molar-refractivity contribution is -0.122. The molecule has 1 atom stereocenters. The fourth-order valence-electron chi connectivity index (χ4n) is 2.06. The number of benzene rings is 2. The van der Waals surface area contributed by atoms with Gasteiger partial charge >= 0.3 is 0 Å². The molecule has 120 valence electrons. The summed E-state index contributed by atoms with van der Waals surface area (Å²) in [5.74, 6) is -0.0797. The van der Waals surface area contributed by atoms with E-state index < -0.39 is 12.0 Å². The number of hydrogen-bond donors (Lipinski definition) is 2. The van der Waals surface area contributed by atoms with Crippen LogP contribution in [0.5, 0.6) is 5.75 Å². The van der Waals surface area contributed by atoms with Gasteiger partial charge in [-0.3, -0.25) is 9.59 Å². The molecule has 0 bridgehead atoms. The molecule has 3 N–H and O–H groups in total. The van der Waals surface area contributed by atoms with Gasteiger partial charge in [0.05, 0.1) is 0 Å². The maximum Gasteiger partial charge on any atom is 0.265 e. The topological polar surface area (TPSA) is 81.4 Å². The van der Waals surface area contributed by atoms with Crippen molar-refractivity contribution in [2.45, 2.75) is 26.9 Å². The maximum atomic E-state index is 12.2. The highest BCUT2D eigenvalue weighted by Crippen LogP contribution is 2.22. The molecule has 0 aliphatic rings. The summed E-state index contributed by atoms with van der Waals surface area (Å²) in [5.41, 5.74) is 8.27. The third-order valence-electron chi connectivity index (χ3n) is 3.66. The van der Waals surface area contributed by atoms with Crippen molar-refractivity contribution in [2.24, 2.45) is 5.73 Å². The Kier molecular flexibility index (Phi) is 5.01. The molecule has 23 heavy (non-hydrogen) atoms. The molecule has 5 nitrogen and oxygen atoms in total. The summed E-state index contributed by atoms with van der Waals surface area (Å²) in [7, 11) is 0. The van der Waals surface area contributed by atoms with Crippen molar-refractivity contribution in [2.75, 3.05) is 5.32 Å². The van der Waals surface area contributed by atoms with E-state index in [-0.39, 0.29) is 5.91 Å². The Morgan fingerprint density at radius 3 is 2.35 bits per heavy atom. The summed E-state index contributed by atoms with van der Waals surface area (Å²) >= 11 is 0. The smallest absolute Gasteiger partial charge is 0.265 e. The van der Waals surface area contributed by atoms with Crippen molar-refractivity contribution in [3.63, 3.8) is 0 Å². The lowest BCUT2D eigenvalue weighted by atomic mass is 10.1. The first-order valence-corrected chi connectivity index (χ1v) is 7.32. The average molecular weight is 312 g/mol. The van der Waals surface area contributed by atoms with E-state index in [1.54, 1.807) is 31.2 Å². The summed E-state index contributed by atoms with van der Waals surface area (Å²) in [6.45, 7) is 5.64. The van der Waals surface area contributed by atoms with Crippen LogP contribution in [-0.4, -0.2) is 17.9 Å². The van der Waals surface area contributed by atoms with Gasteiger partial charge in [0.15, 0.2) is 6.10 Å². The average Bonchev–Trinajstić information content (AvgIpc) is 2.52. The molecule has 0 aliphatic heterocycles. The number of ether oxygens (including phenoxy) is 1. The van der Waals surface area contributed by atoms with Gasteiger partial charge in [-0.15, -0.1) is 0 Å². The largest absolute Gasteiger partial charge is 0.481 e. The summed E-state index contributed by atoms with van der Waals surface area (Å²) in [5, 5.41) is 2.75. The van der Waals surface area contributed by atoms with Gasteiger partial charge in [0, 0.05) is 11.3 Å². The lowest BCUT2D eigenvalue weighted by Crippen LogP contribution is -2.30. The molecule has 0 saturated heterocycles. The van der Waals surface area contributed by atoms with Crippen LogP contribution in [0, 0.1) is 13.8 Å². The minimum atomic E-state index is -0.647. The van der Waals surface area contributed by atoms with Crippen molar-refractivity contribution < 1.29 is 14.3 Å². The van der Waals surface area contributed by atoms with Crippen molar-refractivity contribution in [3.05, 3.63) is 59.2 Å². The number of nitrogens with two attached hydrogens (primary N) is 1. The first-order valence-electron chi connectivity index (χ1n) is 7.32. The van der Waals surface area contributed by atoms with E-state index >= 15 is 0 Å². The fourth-order valence-corrected chi connectivity index (χ4v) is 2.06. The van der Waals surface area contributed by atoms with E-state index in [1.165, 1.54) is 0 Å². The minimum absolute atomic E-state index is 0.266. The van der Waals surface area contributed by atoms with E-state index in [0.717, 1.165) is 11.1 Å². The second-order valence-corrected chi connectivity index (χ2v) is 5.39. The molecule has 0 fully saturated rings. The number of primary amides is 1. The maximum absolute atomic E-state index is 12.2. The molecule has 0 radical (unpaired) electrons. The molecule has 5 heteroatoms. The third kappa shape index (κ3) is 4.10. The Balaban J connectivity index is 2.02. The number of nitrogens with one attached hydrogen (secondary N) is 1. The predicted molar refractivity (Wildman–Crippen MR) is 89.6 cm³/mol. The minimum Gasteiger partial charge on any atom is -0.481 e. The van der Waals surface area contributed by atoms with Crippen LogP contribution in [0.2, 0.25) is 0 Å². The summed E-state index contributed by atoms with van der Waals surface area (Å²) in [4.78, 5) is 23.2. The Hall–Kier alpha value is -2.82. The highest BCUT2D eigenvalue weighted by Gasteiger charge is 2.16. The number of rotatable bonds is 5. The van der Waals surface area contributed by atoms with Crippen LogP contribution < -0.4 is 15.8 Å². The Labute approximate surface area is 135 Å². The highest BCUT2D eigenvalue weighted by molar-refractivity contribution is 5.96. The number of anilines is 1. The van der Waals surface area contributed by atoms with Crippen molar-refractivity contribution >= 4 is 17.5 Å². The number of carbonyl (C=O) groups is 2. The summed E-state index contributed by atoms with van der Waals surface area (Å²) < 4.78 is 5.74. The van der Waals surface area contributed by atoms with Gasteiger partial charge in [0.25, 0.3) is 5.91 Å². The second kappa shape index (κ2) is 6.96. The van der Waals surface area contributed by atoms with Crippen LogP contribution in [-0.2, 0) is 4.79 Å². The number of aryl methyl sites for hydroxylation is 1. The van der Waals surface area contributed by atoms with Gasteiger partial charge in [0.2, 0.25) is 5.91 Å². The van der Waals surface area contributed by atoms with Gasteiger partial charge in [-0.05, 0) is 62.2 Å². The van der Waals surface area contributed by atoms with E-state index in [9.17, 15) is 9.59 Å². The molecule has 2 aromatic carbocycles. The zero-order valence-electron chi connectivity index (χ0n) is 13.4. The first-order chi connectivity index (χ1) is 10.9. The number of carbonyl (C=O) groups excluding carboxylic acids is 2. The number of hydrogen-bond acceptors (Lipinski definition) is 3. The zero-order valence-corrected chi connectivity index (χ0v) is 13.4. The van der Waals surface area contributed by atoms with E-state index in [1.807, 2.05) is 32.0 Å². The van der Waals surface area contributed by atoms with E-state index in [0.29, 0.717) is 17.0 Å². The number of amides is 2. The molecule has 2 amide bonds. The molecule has 0 saturated carbocycles. The molecule has 0 aromatic heterocycles. The van der Waals surface area contributed by atoms with Crippen LogP contribution in [0.25, 0.3) is 0 Å². The molecule has 0 aliphatic carbocycles. The quantitative estimate of drug-likeness (QED) is 0.890. The van der Waals surface area contributed by atoms with Gasteiger partial charge in [-0.2, -0.15) is 0 Å². The van der Waals surface area contributed by atoms with Gasteiger partial charge < -0.3 is 15.8 Å². The van der Waals surface area contributed by atoms with Crippen molar-refractivity contribution in [3.8, 4) is 5.75 Å². The Morgan fingerprint density at radius 2 is 1.74 bits per heavy atom. The van der Waals surface area contributed by atoms with Crippen molar-refractivity contribution in [1.29, 1.82) is 0 Å². The van der Waals surface area contributed by atoms with Gasteiger partial charge in [-0.25, -0.2) is 0 Å². The molecule has 0 unspecified atom stereocenters. The summed E-state index contributed by atoms with van der Waals surface area (Å²) in [6.07, 6.45) is -0.647. The highest BCUT2D eigenvalue weighted by atomic mass is 16.5. The normalized spacial score (nSPS) is 11.6. The first kappa shape index (κ1) is 16.5. The summed E-state index contributed by atoms with van der Waals surface area (Å²) in [6, 6.07) is 12.1. The lowest BCUT2D eigenvalue weighted by Gasteiger charge is -2.17. The van der Waals surface area contributed by atoms with Crippen LogP contribution in [0.3, 0.4) is 0 Å². The van der Waals surface area contributed by atoms with Gasteiger partial charge in [0.1, 0.15) is 5.75 Å². The van der Waals surface area contributed by atoms with Crippen LogP contribution in [0.1, 0.15) is 28.4 Å². The van der Waals surface area contributed by atoms with Crippen LogP contribution >= 0.6 is 0 Å². The zero-order chi connectivity index (χ0) is 17.0. The van der Waals surface area contributed by atoms with Crippen LogP contribution in [0.15, 0.2) is 42.5 Å². The monoisotopic (exact) mass is 312 g/mol. The van der Waals surface area contributed by atoms with Crippen molar-refractivity contribution in [1.82, 2.24) is 0 Å². The molecule has 0 heterocycles. The molecule has 0 spiro atoms. The Bertz CT molecular complexity index is 724. The predicted octanol–water partition coefficient (Wildman–Crippen LogP) is 2.81. The fraction of sp³-hybridized carbons (Fsp3) is 0.222. The molecular weight excluding hydrogens is 292 g/mol. The van der Waals surface area contributed by atoms with E-state index in [4.69, 9.17) is 10.5 Å². The molecule has 2 rings (SSSR count). The molecule has 2 aromatic rings. The Morgan fingerprint density at radius 1 is 1.09 bits per heavy atom. The van der Waals surface area contributed by atoms with E-state index in [2.05, 4.69) is 5.32 Å². The standard InChI is InChI=1S/C18H20N2O3/c1-11-5-4-6-16(12(11)2)23-13(3)18(22)20-15-9-7-14(8-10-15)17(19)21/h4-10,13H,1-3H3,(H2,19,21)(H,20,22)/t13-/m1/s1. The third-order valence-corrected chi connectivity index (χ3v) is 3.66. The van der Waals surface area contributed by atoms with Gasteiger partial charge in [-0.1, -0.05) is 12.1 Å². The molecular formula is C18H20N2O3. The second-order valence-electron chi connectivity index (χ2n) is 5.39. The SMILES string of the molecule is Cc1cccc(O[C@H](C)C(=O)Nc2ccc(C(N)=O)cc2)c1C.